The van der Waals surface area contributed by atoms with Gasteiger partial charge in [0, 0.05) is 5.69 Å². The number of tetrazole rings is 1. The Kier molecular flexibility index (Phi) is 5.19. The number of benzene rings is 1. The Labute approximate surface area is 156 Å². The third-order valence-electron chi connectivity index (χ3n) is 3.50. The van der Waals surface area contributed by atoms with E-state index in [2.05, 4.69) is 47.0 Å². The van der Waals surface area contributed by atoms with Crippen LogP contribution < -0.4 is 5.32 Å². The summed E-state index contributed by atoms with van der Waals surface area (Å²) in [5.41, 5.74) is 2.60. The minimum atomic E-state index is -0.297. The van der Waals surface area contributed by atoms with Gasteiger partial charge < -0.3 is 5.32 Å². The summed E-state index contributed by atoms with van der Waals surface area (Å²) < 4.78 is 2.29. The summed E-state index contributed by atoms with van der Waals surface area (Å²) in [6.07, 6.45) is 1.90. The van der Waals surface area contributed by atoms with Gasteiger partial charge in [-0.15, -0.1) is 5.10 Å². The van der Waals surface area contributed by atoms with E-state index in [4.69, 9.17) is 0 Å². The summed E-state index contributed by atoms with van der Waals surface area (Å²) in [4.78, 5) is 12.5. The van der Waals surface area contributed by atoms with Gasteiger partial charge in [-0.3, -0.25) is 9.89 Å². The second kappa shape index (κ2) is 7.36. The summed E-state index contributed by atoms with van der Waals surface area (Å²) in [7, 11) is 0. The van der Waals surface area contributed by atoms with Crippen molar-refractivity contribution in [2.75, 3.05) is 11.6 Å². The van der Waals surface area contributed by atoms with Gasteiger partial charge in [0.15, 0.2) is 5.69 Å². The zero-order valence-corrected chi connectivity index (χ0v) is 16.2. The molecule has 0 radical (unpaired) electrons. The Hall–Kier alpha value is -2.20. The van der Waals surface area contributed by atoms with Gasteiger partial charge in [-0.1, -0.05) is 31.7 Å². The molecule has 2 heterocycles. The average Bonchev–Trinajstić information content (AvgIpc) is 3.21. The number of nitrogens with zero attached hydrogens (tertiary/aromatic N) is 5. The Morgan fingerprint density at radius 3 is 2.88 bits per heavy atom. The van der Waals surface area contributed by atoms with Crippen molar-refractivity contribution in [2.24, 2.45) is 0 Å². The molecule has 0 saturated carbocycles. The molecule has 130 valence electrons. The molecule has 8 nitrogen and oxygen atoms in total. The van der Waals surface area contributed by atoms with Crippen molar-refractivity contribution < 1.29 is 4.79 Å². The average molecular weight is 422 g/mol. The number of hydrogen-bond acceptors (Lipinski definition) is 6. The van der Waals surface area contributed by atoms with Crippen LogP contribution in [0.25, 0.3) is 5.69 Å². The second-order valence-electron chi connectivity index (χ2n) is 5.54. The van der Waals surface area contributed by atoms with Crippen molar-refractivity contribution >= 4 is 39.3 Å². The number of amides is 1. The largest absolute Gasteiger partial charge is 0.320 e. The molecule has 0 aliphatic rings. The normalized spacial score (nSPS) is 11.1. The van der Waals surface area contributed by atoms with Gasteiger partial charge in [0.1, 0.15) is 0 Å². The Bertz CT molecular complexity index is 905. The van der Waals surface area contributed by atoms with E-state index in [9.17, 15) is 4.79 Å². The quantitative estimate of drug-likeness (QED) is 0.613. The lowest BCUT2D eigenvalue weighted by Crippen LogP contribution is -2.13. The van der Waals surface area contributed by atoms with Crippen molar-refractivity contribution in [3.8, 4) is 5.69 Å². The highest BCUT2D eigenvalue weighted by atomic mass is 79.9. The molecule has 25 heavy (non-hydrogen) atoms. The topological polar surface area (TPSA) is 101 Å². The zero-order valence-electron chi connectivity index (χ0n) is 13.8. The molecular formula is C15H16BrN7OS. The van der Waals surface area contributed by atoms with Gasteiger partial charge in [-0.05, 0) is 56.7 Å². The van der Waals surface area contributed by atoms with E-state index in [1.807, 2.05) is 32.2 Å². The molecule has 3 aromatic rings. The molecule has 0 aliphatic heterocycles. The number of H-pyrrole nitrogens is 1. The Morgan fingerprint density at radius 2 is 2.20 bits per heavy atom. The molecule has 1 aromatic carbocycles. The summed E-state index contributed by atoms with van der Waals surface area (Å²) in [6.45, 7) is 4.05. The van der Waals surface area contributed by atoms with Crippen LogP contribution in [0.5, 0.6) is 0 Å². The minimum absolute atomic E-state index is 0.233. The smallest absolute Gasteiger partial charge is 0.277 e. The number of anilines is 1. The predicted octanol–water partition coefficient (Wildman–Crippen LogP) is 3.25. The van der Waals surface area contributed by atoms with Crippen molar-refractivity contribution in [3.63, 3.8) is 0 Å². The van der Waals surface area contributed by atoms with E-state index in [-0.39, 0.29) is 11.8 Å². The number of carbonyl (C=O) groups is 1. The molecule has 0 atom stereocenters. The fourth-order valence-electron chi connectivity index (χ4n) is 2.25. The maximum atomic E-state index is 12.5. The van der Waals surface area contributed by atoms with E-state index < -0.39 is 0 Å². The summed E-state index contributed by atoms with van der Waals surface area (Å²) in [5.74, 6) is -0.0643. The molecule has 0 unspecified atom stereocenters. The first-order valence-electron chi connectivity index (χ1n) is 7.49. The number of hydrogen-bond donors (Lipinski definition) is 2. The van der Waals surface area contributed by atoms with Gasteiger partial charge in [-0.2, -0.15) is 9.78 Å². The number of rotatable bonds is 5. The highest BCUT2D eigenvalue weighted by molar-refractivity contribution is 9.10. The molecule has 0 bridgehead atoms. The Balaban J connectivity index is 1.84. The molecule has 2 N–H and O–H groups in total. The first kappa shape index (κ1) is 17.6. The maximum absolute atomic E-state index is 12.5. The monoisotopic (exact) mass is 421 g/mol. The highest BCUT2D eigenvalue weighted by Crippen LogP contribution is 2.26. The number of aromatic amines is 1. The van der Waals surface area contributed by atoms with Crippen molar-refractivity contribution in [1.29, 1.82) is 0 Å². The van der Waals surface area contributed by atoms with Crippen molar-refractivity contribution in [3.05, 3.63) is 40.1 Å². The summed E-state index contributed by atoms with van der Waals surface area (Å²) in [6, 6.07) is 7.30. The molecule has 2 aromatic heterocycles. The van der Waals surface area contributed by atoms with E-state index >= 15 is 0 Å². The molecule has 0 fully saturated rings. The van der Waals surface area contributed by atoms with Crippen LogP contribution in [-0.2, 0) is 0 Å². The summed E-state index contributed by atoms with van der Waals surface area (Å²) >= 11 is 4.88. The van der Waals surface area contributed by atoms with Gasteiger partial charge in [0.05, 0.1) is 15.9 Å². The fourth-order valence-corrected chi connectivity index (χ4v) is 3.50. The van der Waals surface area contributed by atoms with E-state index in [0.29, 0.717) is 21.0 Å². The molecule has 0 spiro atoms. The van der Waals surface area contributed by atoms with Crippen LogP contribution in [0.15, 0.2) is 33.9 Å². The van der Waals surface area contributed by atoms with Crippen LogP contribution in [0.4, 0.5) is 5.69 Å². The molecule has 1 amide bonds. The van der Waals surface area contributed by atoms with Crippen LogP contribution >= 0.6 is 27.7 Å². The van der Waals surface area contributed by atoms with Gasteiger partial charge in [0.2, 0.25) is 5.16 Å². The maximum Gasteiger partial charge on any atom is 0.277 e. The minimum Gasteiger partial charge on any atom is -0.320 e. The zero-order chi connectivity index (χ0) is 18.0. The Morgan fingerprint density at radius 1 is 1.40 bits per heavy atom. The summed E-state index contributed by atoms with van der Waals surface area (Å²) in [5, 5.41) is 22.1. The van der Waals surface area contributed by atoms with Crippen LogP contribution in [0.2, 0.25) is 0 Å². The molecule has 0 aliphatic carbocycles. The lowest BCUT2D eigenvalue weighted by molar-refractivity contribution is 0.102. The van der Waals surface area contributed by atoms with Crippen LogP contribution in [0.1, 0.15) is 35.9 Å². The number of halogens is 1. The predicted molar refractivity (Wildman–Crippen MR) is 99.3 cm³/mol. The second-order valence-corrected chi connectivity index (χ2v) is 7.10. The van der Waals surface area contributed by atoms with Crippen LogP contribution in [0.3, 0.4) is 0 Å². The van der Waals surface area contributed by atoms with Crippen LogP contribution in [0, 0.1) is 0 Å². The number of aromatic nitrogens is 6. The van der Waals surface area contributed by atoms with E-state index in [1.165, 1.54) is 11.8 Å². The van der Waals surface area contributed by atoms with Crippen LogP contribution in [-0.4, -0.2) is 42.6 Å². The lowest BCUT2D eigenvalue weighted by Gasteiger charge is -2.07. The standard InChI is InChI=1S/C15H16BrN7OS/c1-8(2)12-11(16)13(19-18-12)14(24)17-9-5-4-6-10(7-9)23-15(25-3)20-21-22-23/h4-8H,1-3H3,(H,17,24)(H,18,19). The first-order valence-corrected chi connectivity index (χ1v) is 9.51. The fraction of sp³-hybridized carbons (Fsp3) is 0.267. The van der Waals surface area contributed by atoms with Crippen molar-refractivity contribution in [2.45, 2.75) is 24.9 Å². The van der Waals surface area contributed by atoms with E-state index in [1.54, 1.807) is 16.8 Å². The van der Waals surface area contributed by atoms with Crippen molar-refractivity contribution in [1.82, 2.24) is 30.4 Å². The third kappa shape index (κ3) is 3.59. The molecular weight excluding hydrogens is 406 g/mol. The lowest BCUT2D eigenvalue weighted by atomic mass is 10.1. The SMILES string of the molecule is CSc1nnnn1-c1cccc(NC(=O)c2n[nH]c(C(C)C)c2Br)c1. The number of nitrogens with one attached hydrogen (secondary N) is 2. The van der Waals surface area contributed by atoms with Gasteiger partial charge >= 0.3 is 0 Å². The van der Waals surface area contributed by atoms with E-state index in [0.717, 1.165) is 11.4 Å². The van der Waals surface area contributed by atoms with Gasteiger partial charge in [-0.25, -0.2) is 0 Å². The third-order valence-corrected chi connectivity index (χ3v) is 4.92. The number of carbonyl (C=O) groups excluding carboxylic acids is 1. The first-order chi connectivity index (χ1) is 12.0. The number of thioether (sulfide) groups is 1. The molecule has 0 saturated heterocycles. The molecule has 10 heteroatoms. The van der Waals surface area contributed by atoms with Gasteiger partial charge in [0.25, 0.3) is 5.91 Å². The molecule has 3 rings (SSSR count). The highest BCUT2D eigenvalue weighted by Gasteiger charge is 2.19.